The number of rotatable bonds is 2. The van der Waals surface area contributed by atoms with Crippen molar-refractivity contribution in [2.45, 2.75) is 24.7 Å². The van der Waals surface area contributed by atoms with Crippen LogP contribution in [0.3, 0.4) is 0 Å². The Hall–Kier alpha value is -1.39. The van der Waals surface area contributed by atoms with Crippen LogP contribution in [0.5, 0.6) is 0 Å². The standard InChI is InChI=1S/C13H14O3S/c1-9(2)10-3-4-12-8-13(17(14,15)16)6-5-11(12)7-10/h3-9H,1-2H3,(H,14,15,16). The van der Waals surface area contributed by atoms with E-state index < -0.39 is 10.1 Å². The SMILES string of the molecule is CC(C)c1ccc2cc(S(=O)(=O)O)ccc2c1. The summed E-state index contributed by atoms with van der Waals surface area (Å²) in [5.41, 5.74) is 1.21. The molecule has 90 valence electrons. The Bertz CT molecular complexity index is 657. The van der Waals surface area contributed by atoms with Crippen LogP contribution in [0.15, 0.2) is 41.3 Å². The lowest BCUT2D eigenvalue weighted by Crippen LogP contribution is -1.97. The van der Waals surface area contributed by atoms with Crippen LogP contribution in [0.1, 0.15) is 25.3 Å². The highest BCUT2D eigenvalue weighted by Crippen LogP contribution is 2.23. The molecule has 0 atom stereocenters. The molecule has 0 unspecified atom stereocenters. The summed E-state index contributed by atoms with van der Waals surface area (Å²) in [5, 5.41) is 1.79. The Morgan fingerprint density at radius 2 is 1.59 bits per heavy atom. The van der Waals surface area contributed by atoms with E-state index in [4.69, 9.17) is 4.55 Å². The largest absolute Gasteiger partial charge is 0.294 e. The number of benzene rings is 2. The fourth-order valence-corrected chi connectivity index (χ4v) is 2.28. The predicted octanol–water partition coefficient (Wildman–Crippen LogP) is 3.21. The van der Waals surface area contributed by atoms with Crippen LogP contribution < -0.4 is 0 Å². The summed E-state index contributed by atoms with van der Waals surface area (Å²) in [6.07, 6.45) is 0. The van der Waals surface area contributed by atoms with Crippen LogP contribution in [-0.4, -0.2) is 13.0 Å². The van der Waals surface area contributed by atoms with Crippen LogP contribution in [0, 0.1) is 0 Å². The first-order valence-electron chi connectivity index (χ1n) is 5.39. The van der Waals surface area contributed by atoms with E-state index in [0.29, 0.717) is 5.92 Å². The first-order chi connectivity index (χ1) is 7.88. The molecule has 2 rings (SSSR count). The quantitative estimate of drug-likeness (QED) is 0.833. The minimum atomic E-state index is -4.12. The van der Waals surface area contributed by atoms with Gasteiger partial charge in [0.25, 0.3) is 10.1 Å². The predicted molar refractivity (Wildman–Crippen MR) is 67.9 cm³/mol. The maximum Gasteiger partial charge on any atom is 0.294 e. The molecule has 0 radical (unpaired) electrons. The number of hydrogen-bond acceptors (Lipinski definition) is 2. The molecule has 0 spiro atoms. The maximum atomic E-state index is 11.0. The molecule has 0 amide bonds. The monoisotopic (exact) mass is 250 g/mol. The van der Waals surface area contributed by atoms with Gasteiger partial charge in [0.1, 0.15) is 0 Å². The highest BCUT2D eigenvalue weighted by atomic mass is 32.2. The summed E-state index contributed by atoms with van der Waals surface area (Å²) in [6.45, 7) is 4.21. The van der Waals surface area contributed by atoms with Crippen molar-refractivity contribution < 1.29 is 13.0 Å². The molecule has 0 aliphatic heterocycles. The van der Waals surface area contributed by atoms with E-state index in [1.165, 1.54) is 17.7 Å². The second kappa shape index (κ2) is 4.13. The van der Waals surface area contributed by atoms with Gasteiger partial charge in [0, 0.05) is 0 Å². The molecule has 0 heterocycles. The summed E-state index contributed by atoms with van der Waals surface area (Å²) in [4.78, 5) is -0.0673. The van der Waals surface area contributed by atoms with Crippen LogP contribution in [0.2, 0.25) is 0 Å². The molecule has 2 aromatic rings. The van der Waals surface area contributed by atoms with Crippen molar-refractivity contribution in [3.05, 3.63) is 42.0 Å². The summed E-state index contributed by atoms with van der Waals surface area (Å²) >= 11 is 0. The molecule has 2 aromatic carbocycles. The lowest BCUT2D eigenvalue weighted by atomic mass is 9.99. The average molecular weight is 250 g/mol. The van der Waals surface area contributed by atoms with Gasteiger partial charge in [0.15, 0.2) is 0 Å². The third-order valence-corrected chi connectivity index (χ3v) is 3.65. The van der Waals surface area contributed by atoms with E-state index in [-0.39, 0.29) is 4.90 Å². The summed E-state index contributed by atoms with van der Waals surface area (Å²) in [5.74, 6) is 0.431. The normalized spacial score (nSPS) is 12.2. The van der Waals surface area contributed by atoms with Crippen LogP contribution in [0.4, 0.5) is 0 Å². The Morgan fingerprint density at radius 1 is 1.00 bits per heavy atom. The van der Waals surface area contributed by atoms with Gasteiger partial charge < -0.3 is 0 Å². The van der Waals surface area contributed by atoms with Crippen molar-refractivity contribution in [2.24, 2.45) is 0 Å². The summed E-state index contributed by atoms with van der Waals surface area (Å²) in [7, 11) is -4.12. The van der Waals surface area contributed by atoms with E-state index in [2.05, 4.69) is 13.8 Å². The number of hydrogen-bond donors (Lipinski definition) is 1. The van der Waals surface area contributed by atoms with Gasteiger partial charge in [0.2, 0.25) is 0 Å². The lowest BCUT2D eigenvalue weighted by molar-refractivity contribution is 0.483. The second-order valence-electron chi connectivity index (χ2n) is 4.40. The third kappa shape index (κ3) is 2.48. The lowest BCUT2D eigenvalue weighted by Gasteiger charge is -2.07. The smallest absolute Gasteiger partial charge is 0.282 e. The fourth-order valence-electron chi connectivity index (χ4n) is 1.76. The van der Waals surface area contributed by atoms with Crippen LogP contribution in [-0.2, 0) is 10.1 Å². The third-order valence-electron chi connectivity index (χ3n) is 2.80. The topological polar surface area (TPSA) is 54.4 Å². The zero-order valence-electron chi connectivity index (χ0n) is 9.71. The molecule has 0 saturated heterocycles. The molecule has 0 aliphatic rings. The Labute approximate surface area is 101 Å². The molecule has 17 heavy (non-hydrogen) atoms. The van der Waals surface area contributed by atoms with Gasteiger partial charge in [0.05, 0.1) is 4.90 Å². The average Bonchev–Trinajstić information content (AvgIpc) is 2.26. The molecule has 3 nitrogen and oxygen atoms in total. The second-order valence-corrected chi connectivity index (χ2v) is 5.82. The van der Waals surface area contributed by atoms with Gasteiger partial charge in [-0.15, -0.1) is 0 Å². The van der Waals surface area contributed by atoms with Crippen molar-refractivity contribution in [2.75, 3.05) is 0 Å². The van der Waals surface area contributed by atoms with Crippen LogP contribution >= 0.6 is 0 Å². The van der Waals surface area contributed by atoms with Crippen molar-refractivity contribution >= 4 is 20.9 Å². The van der Waals surface area contributed by atoms with Crippen molar-refractivity contribution in [1.29, 1.82) is 0 Å². The molecular weight excluding hydrogens is 236 g/mol. The molecular formula is C13H14O3S. The Morgan fingerprint density at radius 3 is 2.18 bits per heavy atom. The minimum absolute atomic E-state index is 0.0673. The molecule has 0 bridgehead atoms. The zero-order chi connectivity index (χ0) is 12.6. The van der Waals surface area contributed by atoms with Crippen molar-refractivity contribution in [3.8, 4) is 0 Å². The van der Waals surface area contributed by atoms with Crippen molar-refractivity contribution in [1.82, 2.24) is 0 Å². The molecule has 0 fully saturated rings. The minimum Gasteiger partial charge on any atom is -0.282 e. The molecule has 1 N–H and O–H groups in total. The van der Waals surface area contributed by atoms with Crippen molar-refractivity contribution in [3.63, 3.8) is 0 Å². The van der Waals surface area contributed by atoms with E-state index in [9.17, 15) is 8.42 Å². The van der Waals surface area contributed by atoms with Gasteiger partial charge in [-0.25, -0.2) is 0 Å². The molecule has 0 aromatic heterocycles. The Kier molecular flexibility index (Phi) is 2.93. The highest BCUT2D eigenvalue weighted by Gasteiger charge is 2.10. The highest BCUT2D eigenvalue weighted by molar-refractivity contribution is 7.85. The van der Waals surface area contributed by atoms with Gasteiger partial charge in [-0.2, -0.15) is 8.42 Å². The first kappa shape index (κ1) is 12.1. The number of fused-ring (bicyclic) bond motifs is 1. The van der Waals surface area contributed by atoms with E-state index in [1.807, 2.05) is 18.2 Å². The van der Waals surface area contributed by atoms with Gasteiger partial charge in [-0.05, 0) is 34.4 Å². The van der Waals surface area contributed by atoms with Gasteiger partial charge in [-0.1, -0.05) is 38.1 Å². The van der Waals surface area contributed by atoms with E-state index >= 15 is 0 Å². The van der Waals surface area contributed by atoms with E-state index in [0.717, 1.165) is 10.8 Å². The fraction of sp³-hybridized carbons (Fsp3) is 0.231. The maximum absolute atomic E-state index is 11.0. The van der Waals surface area contributed by atoms with Gasteiger partial charge >= 0.3 is 0 Å². The summed E-state index contributed by atoms with van der Waals surface area (Å²) in [6, 6.07) is 10.5. The molecule has 4 heteroatoms. The first-order valence-corrected chi connectivity index (χ1v) is 6.83. The molecule has 0 saturated carbocycles. The zero-order valence-corrected chi connectivity index (χ0v) is 10.5. The van der Waals surface area contributed by atoms with Crippen LogP contribution in [0.25, 0.3) is 10.8 Å². The van der Waals surface area contributed by atoms with E-state index in [1.54, 1.807) is 6.07 Å². The summed E-state index contributed by atoms with van der Waals surface area (Å²) < 4.78 is 31.0. The van der Waals surface area contributed by atoms with Gasteiger partial charge in [-0.3, -0.25) is 4.55 Å². The Balaban J connectivity index is 2.62. The molecule has 0 aliphatic carbocycles.